The van der Waals surface area contributed by atoms with Crippen LogP contribution in [0.3, 0.4) is 0 Å². The van der Waals surface area contributed by atoms with E-state index in [9.17, 15) is 0 Å². The molecule has 3 heterocycles. The highest BCUT2D eigenvalue weighted by molar-refractivity contribution is 7.98. The van der Waals surface area contributed by atoms with Crippen LogP contribution in [0.1, 0.15) is 33.4 Å². The van der Waals surface area contributed by atoms with E-state index < -0.39 is 0 Å². The van der Waals surface area contributed by atoms with Crippen LogP contribution in [0.2, 0.25) is 0 Å². The fraction of sp³-hybridized carbons (Fsp3) is 0.167. The molecule has 3 aromatic heterocycles. The molecule has 0 unspecified atom stereocenters. The summed E-state index contributed by atoms with van der Waals surface area (Å²) in [6.45, 7) is 6.54. The Morgan fingerprint density at radius 3 is 0.938 bits per heavy atom. The molecule has 240 valence electrons. The maximum atomic E-state index is 6.02. The third-order valence-electron chi connectivity index (χ3n) is 8.02. The monoisotopic (exact) mass is 690 g/mol. The molecule has 0 aliphatic carbocycles. The topological polar surface area (TPSA) is 117 Å². The fourth-order valence-corrected chi connectivity index (χ4v) is 8.15. The average Bonchev–Trinajstić information content (AvgIpc) is 3.91. The summed E-state index contributed by atoms with van der Waals surface area (Å²) in [4.78, 5) is 0. The van der Waals surface area contributed by atoms with E-state index in [0.29, 0.717) is 50.6 Å². The Hall–Kier alpha value is -4.65. The summed E-state index contributed by atoms with van der Waals surface area (Å²) in [6.07, 6.45) is 0. The molecule has 0 aliphatic rings. The SMILES string of the molecule is Cc1c(CSc2nnc(-c3ccccc3)o2)c(C)c(CSc2nnc(-c3ccccc3)o2)c(C)c1CSc1nnc(-c2ccccc2)o1. The van der Waals surface area contributed by atoms with E-state index in [1.807, 2.05) is 91.0 Å². The van der Waals surface area contributed by atoms with Gasteiger partial charge in [-0.15, -0.1) is 30.6 Å². The second-order valence-electron chi connectivity index (χ2n) is 10.9. The zero-order chi connectivity index (χ0) is 32.9. The van der Waals surface area contributed by atoms with Crippen molar-refractivity contribution < 1.29 is 13.3 Å². The van der Waals surface area contributed by atoms with Gasteiger partial charge in [-0.3, -0.25) is 0 Å². The first kappa shape index (κ1) is 31.9. The van der Waals surface area contributed by atoms with Gasteiger partial charge in [0, 0.05) is 33.9 Å². The van der Waals surface area contributed by atoms with Crippen molar-refractivity contribution in [1.29, 1.82) is 0 Å². The van der Waals surface area contributed by atoms with Crippen LogP contribution in [0.25, 0.3) is 34.4 Å². The zero-order valence-corrected chi connectivity index (χ0v) is 28.9. The molecule has 48 heavy (non-hydrogen) atoms. The summed E-state index contributed by atoms with van der Waals surface area (Å²) in [5, 5.41) is 27.4. The fourth-order valence-electron chi connectivity index (χ4n) is 5.34. The van der Waals surface area contributed by atoms with Crippen molar-refractivity contribution >= 4 is 35.3 Å². The molecule has 0 N–H and O–H groups in total. The molecule has 0 bridgehead atoms. The van der Waals surface area contributed by atoms with Crippen molar-refractivity contribution in [2.45, 2.75) is 53.7 Å². The highest BCUT2D eigenvalue weighted by Crippen LogP contribution is 2.38. The predicted octanol–water partition coefficient (Wildman–Crippen LogP) is 9.64. The normalized spacial score (nSPS) is 11.3. The minimum atomic E-state index is 0.508. The molecule has 0 fully saturated rings. The molecular weight excluding hydrogens is 661 g/mol. The lowest BCUT2D eigenvalue weighted by Gasteiger charge is -2.21. The molecule has 0 saturated carbocycles. The summed E-state index contributed by atoms with van der Waals surface area (Å²) in [7, 11) is 0. The van der Waals surface area contributed by atoms with Gasteiger partial charge in [0.05, 0.1) is 0 Å². The minimum absolute atomic E-state index is 0.508. The molecule has 7 rings (SSSR count). The molecular formula is C36H30N6O3S3. The maximum absolute atomic E-state index is 6.02. The van der Waals surface area contributed by atoms with Crippen LogP contribution in [-0.4, -0.2) is 30.6 Å². The van der Waals surface area contributed by atoms with Gasteiger partial charge in [0.2, 0.25) is 17.7 Å². The van der Waals surface area contributed by atoms with Crippen molar-refractivity contribution in [3.63, 3.8) is 0 Å². The van der Waals surface area contributed by atoms with E-state index in [1.54, 1.807) is 0 Å². The Kier molecular flexibility index (Phi) is 9.73. The van der Waals surface area contributed by atoms with Gasteiger partial charge in [-0.1, -0.05) is 89.9 Å². The van der Waals surface area contributed by atoms with Gasteiger partial charge >= 0.3 is 0 Å². The van der Waals surface area contributed by atoms with Gasteiger partial charge in [-0.2, -0.15) is 0 Å². The van der Waals surface area contributed by atoms with Crippen molar-refractivity contribution in [3.8, 4) is 34.4 Å². The number of hydrogen-bond acceptors (Lipinski definition) is 12. The van der Waals surface area contributed by atoms with Crippen LogP contribution in [0, 0.1) is 20.8 Å². The van der Waals surface area contributed by atoms with Crippen LogP contribution in [0.5, 0.6) is 0 Å². The first-order valence-electron chi connectivity index (χ1n) is 15.2. The molecule has 0 spiro atoms. The van der Waals surface area contributed by atoms with Gasteiger partial charge in [0.25, 0.3) is 15.7 Å². The number of nitrogens with zero attached hydrogens (tertiary/aromatic N) is 6. The molecule has 9 nitrogen and oxygen atoms in total. The lowest BCUT2D eigenvalue weighted by atomic mass is 9.90. The number of rotatable bonds is 12. The van der Waals surface area contributed by atoms with E-state index in [2.05, 4.69) is 51.4 Å². The third kappa shape index (κ3) is 7.10. The highest BCUT2D eigenvalue weighted by Gasteiger charge is 2.21. The minimum Gasteiger partial charge on any atom is -0.411 e. The average molecular weight is 691 g/mol. The molecule has 7 aromatic rings. The molecule has 12 heteroatoms. The quantitative estimate of drug-likeness (QED) is 0.114. The van der Waals surface area contributed by atoms with Gasteiger partial charge in [0.15, 0.2) is 0 Å². The van der Waals surface area contributed by atoms with Crippen molar-refractivity contribution in [2.24, 2.45) is 0 Å². The Morgan fingerprint density at radius 1 is 0.396 bits per heavy atom. The summed E-state index contributed by atoms with van der Waals surface area (Å²) in [5.74, 6) is 3.53. The van der Waals surface area contributed by atoms with E-state index in [0.717, 1.165) is 16.7 Å². The number of hydrogen-bond donors (Lipinski definition) is 0. The van der Waals surface area contributed by atoms with Gasteiger partial charge < -0.3 is 13.3 Å². The van der Waals surface area contributed by atoms with Gasteiger partial charge in [0.1, 0.15) is 0 Å². The second kappa shape index (κ2) is 14.6. The summed E-state index contributed by atoms with van der Waals surface area (Å²) in [5.41, 5.74) is 10.0. The number of aromatic nitrogens is 6. The molecule has 0 atom stereocenters. The van der Waals surface area contributed by atoms with E-state index >= 15 is 0 Å². The maximum Gasteiger partial charge on any atom is 0.277 e. The van der Waals surface area contributed by atoms with E-state index in [1.165, 1.54) is 68.7 Å². The summed E-state index contributed by atoms with van der Waals surface area (Å²) in [6, 6.07) is 29.4. The summed E-state index contributed by atoms with van der Waals surface area (Å²) < 4.78 is 18.1. The van der Waals surface area contributed by atoms with Crippen LogP contribution < -0.4 is 0 Å². The van der Waals surface area contributed by atoms with Crippen LogP contribution in [0.15, 0.2) is 120 Å². The smallest absolute Gasteiger partial charge is 0.277 e. The molecule has 0 amide bonds. The van der Waals surface area contributed by atoms with Crippen molar-refractivity contribution in [3.05, 3.63) is 124 Å². The van der Waals surface area contributed by atoms with Crippen LogP contribution >= 0.6 is 35.3 Å². The Morgan fingerprint density at radius 2 is 0.667 bits per heavy atom. The molecule has 0 aliphatic heterocycles. The predicted molar refractivity (Wildman–Crippen MR) is 189 cm³/mol. The molecule has 0 radical (unpaired) electrons. The zero-order valence-electron chi connectivity index (χ0n) is 26.4. The van der Waals surface area contributed by atoms with Gasteiger partial charge in [-0.25, -0.2) is 0 Å². The third-order valence-corrected chi connectivity index (χ3v) is 10.6. The van der Waals surface area contributed by atoms with E-state index in [4.69, 9.17) is 13.3 Å². The largest absolute Gasteiger partial charge is 0.411 e. The first-order chi connectivity index (χ1) is 23.5. The Bertz CT molecular complexity index is 1870. The lowest BCUT2D eigenvalue weighted by molar-refractivity contribution is 0.465. The summed E-state index contributed by atoms with van der Waals surface area (Å²) >= 11 is 4.61. The van der Waals surface area contributed by atoms with Crippen molar-refractivity contribution in [1.82, 2.24) is 30.6 Å². The molecule has 0 saturated heterocycles. The number of thioether (sulfide) groups is 3. The standard InChI is InChI=1S/C36H30N6O3S3/c1-22-28(19-46-34-40-37-31(43-34)25-13-7-4-8-14-25)23(2)30(21-48-36-42-39-33(45-36)27-17-11-6-12-18-27)24(3)29(22)20-47-35-41-38-32(44-35)26-15-9-5-10-16-26/h4-18H,19-21H2,1-3H3. The lowest BCUT2D eigenvalue weighted by Crippen LogP contribution is -2.06. The number of benzene rings is 4. The van der Waals surface area contributed by atoms with Gasteiger partial charge in [-0.05, 0) is 90.6 Å². The second-order valence-corrected chi connectivity index (χ2v) is 13.7. The van der Waals surface area contributed by atoms with Crippen LogP contribution in [-0.2, 0) is 17.3 Å². The Balaban J connectivity index is 1.15. The first-order valence-corrected chi connectivity index (χ1v) is 18.1. The van der Waals surface area contributed by atoms with Crippen molar-refractivity contribution in [2.75, 3.05) is 0 Å². The molecule has 4 aromatic carbocycles. The van der Waals surface area contributed by atoms with Crippen LogP contribution in [0.4, 0.5) is 0 Å². The highest BCUT2D eigenvalue weighted by atomic mass is 32.2. The van der Waals surface area contributed by atoms with E-state index in [-0.39, 0.29) is 0 Å². The Labute approximate surface area is 290 Å².